The summed E-state index contributed by atoms with van der Waals surface area (Å²) < 4.78 is 11.1. The SMILES string of the molecule is Cl.O=C(c1ccc2c(c1)OCCO2)N1C2CCNCC1CC2. The second-order valence-electron chi connectivity index (χ2n) is 5.95. The Hall–Kier alpha value is -1.46. The monoisotopic (exact) mass is 324 g/mol. The summed E-state index contributed by atoms with van der Waals surface area (Å²) in [5.41, 5.74) is 0.707. The van der Waals surface area contributed by atoms with E-state index in [1.54, 1.807) is 0 Å². The van der Waals surface area contributed by atoms with Crippen molar-refractivity contribution in [2.75, 3.05) is 26.3 Å². The highest BCUT2D eigenvalue weighted by Gasteiger charge is 2.38. The van der Waals surface area contributed by atoms with E-state index in [2.05, 4.69) is 10.2 Å². The Balaban J connectivity index is 0.00000144. The predicted molar refractivity (Wildman–Crippen MR) is 85.1 cm³/mol. The van der Waals surface area contributed by atoms with E-state index in [0.717, 1.165) is 38.1 Å². The molecule has 1 aromatic rings. The normalized spacial score (nSPS) is 26.1. The maximum Gasteiger partial charge on any atom is 0.254 e. The highest BCUT2D eigenvalue weighted by atomic mass is 35.5. The van der Waals surface area contributed by atoms with Crippen molar-refractivity contribution in [2.24, 2.45) is 0 Å². The van der Waals surface area contributed by atoms with Gasteiger partial charge < -0.3 is 19.7 Å². The summed E-state index contributed by atoms with van der Waals surface area (Å²) in [5, 5.41) is 3.43. The van der Waals surface area contributed by atoms with Gasteiger partial charge in [0.25, 0.3) is 5.91 Å². The minimum atomic E-state index is 0. The molecule has 4 rings (SSSR count). The number of ether oxygens (including phenoxy) is 2. The van der Waals surface area contributed by atoms with Gasteiger partial charge in [0.05, 0.1) is 0 Å². The fourth-order valence-electron chi connectivity index (χ4n) is 3.64. The predicted octanol–water partition coefficient (Wildman–Crippen LogP) is 1.85. The maximum atomic E-state index is 12.9. The molecule has 2 unspecified atom stereocenters. The number of nitrogens with zero attached hydrogens (tertiary/aromatic N) is 1. The van der Waals surface area contributed by atoms with Crippen LogP contribution in [0.4, 0.5) is 0 Å². The average Bonchev–Trinajstić information content (AvgIpc) is 2.79. The third-order valence-corrected chi connectivity index (χ3v) is 4.68. The van der Waals surface area contributed by atoms with E-state index >= 15 is 0 Å². The van der Waals surface area contributed by atoms with Crippen molar-refractivity contribution in [3.05, 3.63) is 23.8 Å². The van der Waals surface area contributed by atoms with Gasteiger partial charge in [0.15, 0.2) is 11.5 Å². The second kappa shape index (κ2) is 6.34. The Kier molecular flexibility index (Phi) is 4.45. The van der Waals surface area contributed by atoms with Gasteiger partial charge in [-0.2, -0.15) is 0 Å². The van der Waals surface area contributed by atoms with Gasteiger partial charge in [-0.3, -0.25) is 4.79 Å². The average molecular weight is 325 g/mol. The van der Waals surface area contributed by atoms with Crippen molar-refractivity contribution in [3.63, 3.8) is 0 Å². The largest absolute Gasteiger partial charge is 0.486 e. The summed E-state index contributed by atoms with van der Waals surface area (Å²) in [6.07, 6.45) is 3.28. The molecule has 3 aliphatic rings. The van der Waals surface area contributed by atoms with Crippen molar-refractivity contribution in [3.8, 4) is 11.5 Å². The van der Waals surface area contributed by atoms with Gasteiger partial charge in [-0.25, -0.2) is 0 Å². The van der Waals surface area contributed by atoms with E-state index in [1.807, 2.05) is 18.2 Å². The first kappa shape index (κ1) is 15.4. The summed E-state index contributed by atoms with van der Waals surface area (Å²) in [5.74, 6) is 1.55. The van der Waals surface area contributed by atoms with Gasteiger partial charge >= 0.3 is 0 Å². The van der Waals surface area contributed by atoms with E-state index in [4.69, 9.17) is 9.47 Å². The second-order valence-corrected chi connectivity index (χ2v) is 5.95. The third-order valence-electron chi connectivity index (χ3n) is 4.68. The van der Waals surface area contributed by atoms with Crippen LogP contribution in [0.25, 0.3) is 0 Å². The first-order valence-corrected chi connectivity index (χ1v) is 7.76. The van der Waals surface area contributed by atoms with Crippen LogP contribution in [0.2, 0.25) is 0 Å². The number of halogens is 1. The maximum absolute atomic E-state index is 12.9. The number of hydrogen-bond donors (Lipinski definition) is 1. The van der Waals surface area contributed by atoms with Crippen molar-refractivity contribution < 1.29 is 14.3 Å². The first-order chi connectivity index (χ1) is 10.3. The third kappa shape index (κ3) is 2.63. The number of carbonyl (C=O) groups is 1. The molecule has 0 spiro atoms. The molecule has 3 aliphatic heterocycles. The number of carbonyl (C=O) groups excluding carboxylic acids is 1. The van der Waals surface area contributed by atoms with E-state index in [0.29, 0.717) is 36.6 Å². The van der Waals surface area contributed by atoms with Crippen LogP contribution >= 0.6 is 12.4 Å². The number of rotatable bonds is 1. The van der Waals surface area contributed by atoms with Crippen LogP contribution in [0.5, 0.6) is 11.5 Å². The summed E-state index contributed by atoms with van der Waals surface area (Å²) in [6, 6.07) is 6.24. The Morgan fingerprint density at radius 3 is 2.73 bits per heavy atom. The number of benzene rings is 1. The number of nitrogens with one attached hydrogen (secondary N) is 1. The van der Waals surface area contributed by atoms with Gasteiger partial charge in [-0.15, -0.1) is 12.4 Å². The molecule has 0 saturated carbocycles. The van der Waals surface area contributed by atoms with Gasteiger partial charge in [0.1, 0.15) is 13.2 Å². The van der Waals surface area contributed by atoms with Crippen LogP contribution in [0, 0.1) is 0 Å². The zero-order chi connectivity index (χ0) is 14.2. The fourth-order valence-corrected chi connectivity index (χ4v) is 3.64. The minimum Gasteiger partial charge on any atom is -0.486 e. The van der Waals surface area contributed by atoms with Crippen LogP contribution in [-0.4, -0.2) is 49.2 Å². The minimum absolute atomic E-state index is 0. The molecule has 120 valence electrons. The quantitative estimate of drug-likeness (QED) is 0.856. The zero-order valence-electron chi connectivity index (χ0n) is 12.4. The molecule has 3 heterocycles. The van der Waals surface area contributed by atoms with Gasteiger partial charge in [0, 0.05) is 24.2 Å². The Morgan fingerprint density at radius 2 is 1.86 bits per heavy atom. The molecule has 5 nitrogen and oxygen atoms in total. The van der Waals surface area contributed by atoms with Crippen LogP contribution < -0.4 is 14.8 Å². The molecule has 2 atom stereocenters. The first-order valence-electron chi connectivity index (χ1n) is 7.76. The molecule has 0 aromatic heterocycles. The van der Waals surface area contributed by atoms with Gasteiger partial charge in [0.2, 0.25) is 0 Å². The van der Waals surface area contributed by atoms with Gasteiger partial charge in [-0.05, 0) is 44.0 Å². The highest BCUT2D eigenvalue weighted by molar-refractivity contribution is 5.95. The number of hydrogen-bond acceptors (Lipinski definition) is 4. The van der Waals surface area contributed by atoms with Crippen LogP contribution in [0.3, 0.4) is 0 Å². The molecule has 2 bridgehead atoms. The molecule has 0 radical (unpaired) electrons. The van der Waals surface area contributed by atoms with E-state index in [1.165, 1.54) is 0 Å². The smallest absolute Gasteiger partial charge is 0.254 e. The molecule has 1 N–H and O–H groups in total. The molecule has 2 fully saturated rings. The topological polar surface area (TPSA) is 50.8 Å². The van der Waals surface area contributed by atoms with Crippen LogP contribution in [0.1, 0.15) is 29.6 Å². The Bertz CT molecular complexity index is 552. The molecule has 6 heteroatoms. The molecular weight excluding hydrogens is 304 g/mol. The highest BCUT2D eigenvalue weighted by Crippen LogP contribution is 2.34. The van der Waals surface area contributed by atoms with Crippen LogP contribution in [0.15, 0.2) is 18.2 Å². The van der Waals surface area contributed by atoms with Crippen molar-refractivity contribution in [1.29, 1.82) is 0 Å². The fraction of sp³-hybridized carbons (Fsp3) is 0.562. The lowest BCUT2D eigenvalue weighted by atomic mass is 10.1. The standard InChI is InChI=1S/C16H20N2O3.ClH/c19-16(18-12-2-3-13(18)10-17-6-5-12)11-1-4-14-15(9-11)21-8-7-20-14;/h1,4,9,12-13,17H,2-3,5-8,10H2;1H. The lowest BCUT2D eigenvalue weighted by Crippen LogP contribution is -2.42. The van der Waals surface area contributed by atoms with Crippen molar-refractivity contribution >= 4 is 18.3 Å². The number of amides is 1. The van der Waals surface area contributed by atoms with Crippen LogP contribution in [-0.2, 0) is 0 Å². The lowest BCUT2D eigenvalue weighted by Gasteiger charge is -2.28. The summed E-state index contributed by atoms with van der Waals surface area (Å²) in [7, 11) is 0. The lowest BCUT2D eigenvalue weighted by molar-refractivity contribution is 0.0679. The molecular formula is C16H21ClN2O3. The molecule has 2 saturated heterocycles. The number of fused-ring (bicyclic) bond motifs is 3. The van der Waals surface area contributed by atoms with E-state index in [9.17, 15) is 4.79 Å². The van der Waals surface area contributed by atoms with Gasteiger partial charge in [-0.1, -0.05) is 0 Å². The Labute approximate surface area is 136 Å². The van der Waals surface area contributed by atoms with Crippen molar-refractivity contribution in [2.45, 2.75) is 31.3 Å². The van der Waals surface area contributed by atoms with E-state index < -0.39 is 0 Å². The summed E-state index contributed by atoms with van der Waals surface area (Å²) >= 11 is 0. The van der Waals surface area contributed by atoms with Crippen molar-refractivity contribution in [1.82, 2.24) is 10.2 Å². The summed E-state index contributed by atoms with van der Waals surface area (Å²) in [4.78, 5) is 15.0. The summed E-state index contributed by atoms with van der Waals surface area (Å²) in [6.45, 7) is 3.03. The van der Waals surface area contributed by atoms with E-state index in [-0.39, 0.29) is 18.3 Å². The molecule has 22 heavy (non-hydrogen) atoms. The molecule has 1 amide bonds. The molecule has 1 aromatic carbocycles. The molecule has 0 aliphatic carbocycles. The Morgan fingerprint density at radius 1 is 1.09 bits per heavy atom. The zero-order valence-corrected chi connectivity index (χ0v) is 13.2.